The molecule has 0 bridgehead atoms. The molecule has 7 nitrogen and oxygen atoms in total. The Balaban J connectivity index is 2.80. The van der Waals surface area contributed by atoms with Gasteiger partial charge in [0.1, 0.15) is 17.3 Å². The lowest BCUT2D eigenvalue weighted by molar-refractivity contribution is -0.115. The molecular weight excluding hydrogens is 238 g/mol. The number of rotatable bonds is 5. The molecule has 0 heterocycles. The van der Waals surface area contributed by atoms with E-state index in [0.29, 0.717) is 17.2 Å². The molecule has 0 saturated heterocycles. The third-order valence-electron chi connectivity index (χ3n) is 2.11. The van der Waals surface area contributed by atoms with Gasteiger partial charge in [0.25, 0.3) is 0 Å². The molecule has 98 valence electrons. The lowest BCUT2D eigenvalue weighted by Crippen LogP contribution is -2.22. The Bertz CT molecular complexity index is 437. The number of nitrogens with one attached hydrogen (secondary N) is 1. The van der Waals surface area contributed by atoms with Gasteiger partial charge in [-0.3, -0.25) is 4.79 Å². The SMILES string of the molecule is COc1cc(NC(=O)C/C(N)=N/O)cc(OC)c1. The molecule has 0 aliphatic carbocycles. The fourth-order valence-corrected chi connectivity index (χ4v) is 1.28. The third-order valence-corrected chi connectivity index (χ3v) is 2.11. The first kappa shape index (κ1) is 13.6. The Morgan fingerprint density at radius 2 is 1.89 bits per heavy atom. The lowest BCUT2D eigenvalue weighted by atomic mass is 10.2. The van der Waals surface area contributed by atoms with Gasteiger partial charge in [0.2, 0.25) is 5.91 Å². The van der Waals surface area contributed by atoms with E-state index in [1.54, 1.807) is 18.2 Å². The molecule has 4 N–H and O–H groups in total. The summed E-state index contributed by atoms with van der Waals surface area (Å²) in [6.07, 6.45) is -0.198. The number of oxime groups is 1. The summed E-state index contributed by atoms with van der Waals surface area (Å²) in [4.78, 5) is 11.5. The summed E-state index contributed by atoms with van der Waals surface area (Å²) in [6.45, 7) is 0. The highest BCUT2D eigenvalue weighted by atomic mass is 16.5. The number of methoxy groups -OCH3 is 2. The first-order chi connectivity index (χ1) is 8.58. The van der Waals surface area contributed by atoms with Crippen LogP contribution in [0.1, 0.15) is 6.42 Å². The van der Waals surface area contributed by atoms with Crippen LogP contribution in [-0.4, -0.2) is 31.2 Å². The number of anilines is 1. The van der Waals surface area contributed by atoms with Gasteiger partial charge in [-0.1, -0.05) is 5.16 Å². The first-order valence-electron chi connectivity index (χ1n) is 5.08. The average molecular weight is 253 g/mol. The Morgan fingerprint density at radius 3 is 2.33 bits per heavy atom. The minimum atomic E-state index is -0.402. The Morgan fingerprint density at radius 1 is 1.33 bits per heavy atom. The van der Waals surface area contributed by atoms with E-state index in [0.717, 1.165) is 0 Å². The molecule has 0 unspecified atom stereocenters. The second-order valence-corrected chi connectivity index (χ2v) is 3.42. The van der Waals surface area contributed by atoms with Gasteiger partial charge in [-0.15, -0.1) is 0 Å². The lowest BCUT2D eigenvalue weighted by Gasteiger charge is -2.09. The van der Waals surface area contributed by atoms with Crippen LogP contribution in [-0.2, 0) is 4.79 Å². The molecule has 1 rings (SSSR count). The predicted molar refractivity (Wildman–Crippen MR) is 66.2 cm³/mol. The zero-order valence-corrected chi connectivity index (χ0v) is 10.1. The first-order valence-corrected chi connectivity index (χ1v) is 5.08. The van der Waals surface area contributed by atoms with Crippen molar-refractivity contribution in [2.75, 3.05) is 19.5 Å². The molecular formula is C11H15N3O4. The molecule has 1 aromatic rings. The summed E-state index contributed by atoms with van der Waals surface area (Å²) < 4.78 is 10.1. The molecule has 0 saturated carbocycles. The van der Waals surface area contributed by atoms with Crippen LogP contribution in [0.4, 0.5) is 5.69 Å². The van der Waals surface area contributed by atoms with Gasteiger partial charge in [-0.05, 0) is 0 Å². The molecule has 0 radical (unpaired) electrons. The number of ether oxygens (including phenoxy) is 2. The fourth-order valence-electron chi connectivity index (χ4n) is 1.28. The van der Waals surface area contributed by atoms with Gasteiger partial charge in [0.15, 0.2) is 0 Å². The summed E-state index contributed by atoms with van der Waals surface area (Å²) >= 11 is 0. The van der Waals surface area contributed by atoms with Crippen LogP contribution >= 0.6 is 0 Å². The molecule has 1 amide bonds. The van der Waals surface area contributed by atoms with Crippen LogP contribution in [0.5, 0.6) is 11.5 Å². The topological polar surface area (TPSA) is 106 Å². The Hall–Kier alpha value is -2.44. The second-order valence-electron chi connectivity index (χ2n) is 3.42. The van der Waals surface area contributed by atoms with E-state index < -0.39 is 5.91 Å². The Labute approximate surface area is 104 Å². The summed E-state index contributed by atoms with van der Waals surface area (Å²) in [7, 11) is 3.02. The number of hydrogen-bond donors (Lipinski definition) is 3. The normalized spacial score (nSPS) is 10.9. The van der Waals surface area contributed by atoms with Crippen molar-refractivity contribution in [3.63, 3.8) is 0 Å². The third kappa shape index (κ3) is 3.85. The van der Waals surface area contributed by atoms with Gasteiger partial charge >= 0.3 is 0 Å². The summed E-state index contributed by atoms with van der Waals surface area (Å²) in [6, 6.07) is 4.94. The van der Waals surface area contributed by atoms with Gasteiger partial charge in [0, 0.05) is 23.9 Å². The van der Waals surface area contributed by atoms with Crippen molar-refractivity contribution in [1.82, 2.24) is 0 Å². The predicted octanol–water partition coefficient (Wildman–Crippen LogP) is 0.779. The smallest absolute Gasteiger partial charge is 0.232 e. The molecule has 0 aliphatic heterocycles. The van der Waals surface area contributed by atoms with E-state index >= 15 is 0 Å². The second kappa shape index (κ2) is 6.33. The maximum Gasteiger partial charge on any atom is 0.232 e. The maximum atomic E-state index is 11.5. The van der Waals surface area contributed by atoms with Gasteiger partial charge in [-0.25, -0.2) is 0 Å². The number of nitrogens with two attached hydrogens (primary N) is 1. The van der Waals surface area contributed by atoms with E-state index in [4.69, 9.17) is 20.4 Å². The number of carbonyl (C=O) groups excluding carboxylic acids is 1. The summed E-state index contributed by atoms with van der Waals surface area (Å²) in [5.74, 6) is 0.532. The largest absolute Gasteiger partial charge is 0.497 e. The van der Waals surface area contributed by atoms with Gasteiger partial charge in [0.05, 0.1) is 20.6 Å². The van der Waals surface area contributed by atoms with Crippen LogP contribution in [0.25, 0.3) is 0 Å². The van der Waals surface area contributed by atoms with E-state index in [1.807, 2.05) is 0 Å². The van der Waals surface area contributed by atoms with Crippen LogP contribution in [0, 0.1) is 0 Å². The number of carbonyl (C=O) groups is 1. The van der Waals surface area contributed by atoms with Crippen molar-refractivity contribution >= 4 is 17.4 Å². The standard InChI is InChI=1S/C11H15N3O4/c1-17-8-3-7(4-9(5-8)18-2)13-11(15)6-10(12)14-16/h3-5,16H,6H2,1-2H3,(H2,12,14)(H,13,15). The van der Waals surface area contributed by atoms with Crippen molar-refractivity contribution in [2.45, 2.75) is 6.42 Å². The highest BCUT2D eigenvalue weighted by molar-refractivity contribution is 6.04. The minimum Gasteiger partial charge on any atom is -0.497 e. The van der Waals surface area contributed by atoms with Gasteiger partial charge in [-0.2, -0.15) is 0 Å². The zero-order chi connectivity index (χ0) is 13.5. The molecule has 1 aromatic carbocycles. The molecule has 0 spiro atoms. The van der Waals surface area contributed by atoms with Crippen LogP contribution in [0.15, 0.2) is 23.4 Å². The number of amides is 1. The highest BCUT2D eigenvalue weighted by Gasteiger charge is 2.08. The number of amidine groups is 1. The average Bonchev–Trinajstić information content (AvgIpc) is 2.37. The molecule has 18 heavy (non-hydrogen) atoms. The van der Waals surface area contributed by atoms with E-state index in [2.05, 4.69) is 10.5 Å². The fraction of sp³-hybridized carbons (Fsp3) is 0.273. The summed E-state index contributed by atoms with van der Waals surface area (Å²) in [5, 5.41) is 13.7. The monoisotopic (exact) mass is 253 g/mol. The quantitative estimate of drug-likeness (QED) is 0.311. The van der Waals surface area contributed by atoms with Crippen molar-refractivity contribution in [2.24, 2.45) is 10.9 Å². The minimum absolute atomic E-state index is 0.164. The maximum absolute atomic E-state index is 11.5. The molecule has 7 heteroatoms. The molecule has 0 fully saturated rings. The molecule has 0 aliphatic rings. The number of hydrogen-bond acceptors (Lipinski definition) is 5. The highest BCUT2D eigenvalue weighted by Crippen LogP contribution is 2.25. The van der Waals surface area contributed by atoms with Crippen molar-refractivity contribution in [1.29, 1.82) is 0 Å². The van der Waals surface area contributed by atoms with E-state index in [9.17, 15) is 4.79 Å². The van der Waals surface area contributed by atoms with Crippen LogP contribution in [0.2, 0.25) is 0 Å². The van der Waals surface area contributed by atoms with Crippen molar-refractivity contribution in [3.05, 3.63) is 18.2 Å². The van der Waals surface area contributed by atoms with E-state index in [-0.39, 0.29) is 12.3 Å². The number of nitrogens with zero attached hydrogens (tertiary/aromatic N) is 1. The van der Waals surface area contributed by atoms with Crippen LogP contribution in [0.3, 0.4) is 0 Å². The summed E-state index contributed by atoms with van der Waals surface area (Å²) in [5.41, 5.74) is 5.73. The van der Waals surface area contributed by atoms with E-state index in [1.165, 1.54) is 14.2 Å². The van der Waals surface area contributed by atoms with Gasteiger partial charge < -0.3 is 25.7 Å². The van der Waals surface area contributed by atoms with Crippen molar-refractivity contribution < 1.29 is 19.5 Å². The number of benzene rings is 1. The van der Waals surface area contributed by atoms with Crippen molar-refractivity contribution in [3.8, 4) is 11.5 Å². The van der Waals surface area contributed by atoms with Crippen LogP contribution < -0.4 is 20.5 Å². The molecule has 0 atom stereocenters. The zero-order valence-electron chi connectivity index (χ0n) is 10.1. The molecule has 0 aromatic heterocycles. The Kier molecular flexibility index (Phi) is 4.79.